The Balaban J connectivity index is 1.80. The Morgan fingerprint density at radius 3 is 2.89 bits per heavy atom. The van der Waals surface area contributed by atoms with Gasteiger partial charge < -0.3 is 15.4 Å². The maximum atomic E-state index is 11.3. The third-order valence-corrected chi connectivity index (χ3v) is 3.71. The average Bonchev–Trinajstić information content (AvgIpc) is 2.70. The van der Waals surface area contributed by atoms with Gasteiger partial charge >= 0.3 is 0 Å². The number of benzene rings is 1. The van der Waals surface area contributed by atoms with Gasteiger partial charge in [-0.3, -0.25) is 4.79 Å². The molecule has 2 aliphatic heterocycles. The highest BCUT2D eigenvalue weighted by Crippen LogP contribution is 2.33. The smallest absolute Gasteiger partial charge is 0.228 e. The summed E-state index contributed by atoms with van der Waals surface area (Å²) >= 11 is 6.23. The molecule has 0 aliphatic carbocycles. The Labute approximate surface area is 111 Å². The minimum atomic E-state index is 0.0317. The van der Waals surface area contributed by atoms with E-state index in [1.54, 1.807) is 0 Å². The van der Waals surface area contributed by atoms with E-state index in [1.165, 1.54) is 0 Å². The van der Waals surface area contributed by atoms with Gasteiger partial charge in [0.1, 0.15) is 0 Å². The highest BCUT2D eigenvalue weighted by molar-refractivity contribution is 6.33. The third-order valence-electron chi connectivity index (χ3n) is 3.40. The molecule has 3 rings (SSSR count). The van der Waals surface area contributed by atoms with Crippen LogP contribution in [0.4, 0.5) is 11.4 Å². The van der Waals surface area contributed by atoms with Gasteiger partial charge in [0.15, 0.2) is 0 Å². The third kappa shape index (κ3) is 2.31. The standard InChI is InChI=1S/C13H15ClN2O2/c14-10-7-11-8(6-13(17)16-11)5-12(10)15-9-1-3-18-4-2-9/h5,7,9,15H,1-4,6H2,(H,16,17). The van der Waals surface area contributed by atoms with Crippen molar-refractivity contribution in [2.24, 2.45) is 0 Å². The normalized spacial score (nSPS) is 19.5. The van der Waals surface area contributed by atoms with Gasteiger partial charge in [0.05, 0.1) is 17.1 Å². The molecule has 1 saturated heterocycles. The minimum absolute atomic E-state index is 0.0317. The number of carbonyl (C=O) groups excluding carboxylic acids is 1. The number of anilines is 2. The number of amides is 1. The molecule has 0 saturated carbocycles. The SMILES string of the molecule is O=C1Cc2cc(NC3CCOCC3)c(Cl)cc2N1. The summed E-state index contributed by atoms with van der Waals surface area (Å²) in [5, 5.41) is 6.90. The van der Waals surface area contributed by atoms with E-state index in [1.807, 2.05) is 12.1 Å². The van der Waals surface area contributed by atoms with E-state index in [0.717, 1.165) is 43.0 Å². The second-order valence-electron chi connectivity index (χ2n) is 4.75. The number of nitrogens with one attached hydrogen (secondary N) is 2. The molecule has 18 heavy (non-hydrogen) atoms. The van der Waals surface area contributed by atoms with Gasteiger partial charge in [0, 0.05) is 24.9 Å². The quantitative estimate of drug-likeness (QED) is 0.864. The monoisotopic (exact) mass is 266 g/mol. The first-order chi connectivity index (χ1) is 8.72. The zero-order valence-corrected chi connectivity index (χ0v) is 10.7. The van der Waals surface area contributed by atoms with E-state index in [-0.39, 0.29) is 5.91 Å². The van der Waals surface area contributed by atoms with Crippen LogP contribution in [0.3, 0.4) is 0 Å². The van der Waals surface area contributed by atoms with E-state index >= 15 is 0 Å². The second kappa shape index (κ2) is 4.78. The van der Waals surface area contributed by atoms with Gasteiger partial charge in [0.2, 0.25) is 5.91 Å². The number of ether oxygens (including phenoxy) is 1. The van der Waals surface area contributed by atoms with E-state index in [2.05, 4.69) is 10.6 Å². The van der Waals surface area contributed by atoms with Crippen LogP contribution >= 0.6 is 11.6 Å². The molecule has 2 aliphatic rings. The topological polar surface area (TPSA) is 50.4 Å². The summed E-state index contributed by atoms with van der Waals surface area (Å²) in [4.78, 5) is 11.3. The molecule has 1 fully saturated rings. The molecule has 2 heterocycles. The molecule has 1 amide bonds. The van der Waals surface area contributed by atoms with Crippen molar-refractivity contribution in [3.63, 3.8) is 0 Å². The number of rotatable bonds is 2. The van der Waals surface area contributed by atoms with Crippen molar-refractivity contribution in [1.29, 1.82) is 0 Å². The van der Waals surface area contributed by atoms with Crippen LogP contribution in [-0.4, -0.2) is 25.2 Å². The number of hydrogen-bond acceptors (Lipinski definition) is 3. The van der Waals surface area contributed by atoms with Crippen LogP contribution in [0.5, 0.6) is 0 Å². The lowest BCUT2D eigenvalue weighted by molar-refractivity contribution is -0.115. The van der Waals surface area contributed by atoms with Crippen LogP contribution in [0.2, 0.25) is 5.02 Å². The van der Waals surface area contributed by atoms with Crippen molar-refractivity contribution in [3.05, 3.63) is 22.7 Å². The van der Waals surface area contributed by atoms with E-state index in [9.17, 15) is 4.79 Å². The molecule has 1 aromatic rings. The summed E-state index contributed by atoms with van der Waals surface area (Å²) in [6, 6.07) is 4.20. The van der Waals surface area contributed by atoms with Crippen molar-refractivity contribution in [2.45, 2.75) is 25.3 Å². The van der Waals surface area contributed by atoms with Gasteiger partial charge in [-0.25, -0.2) is 0 Å². The fourth-order valence-electron chi connectivity index (χ4n) is 2.42. The van der Waals surface area contributed by atoms with Crippen LogP contribution in [-0.2, 0) is 16.0 Å². The number of carbonyl (C=O) groups is 1. The first-order valence-electron chi connectivity index (χ1n) is 6.19. The Morgan fingerprint density at radius 1 is 1.33 bits per heavy atom. The van der Waals surface area contributed by atoms with Gasteiger partial charge in [-0.05, 0) is 30.5 Å². The molecule has 4 nitrogen and oxygen atoms in total. The summed E-state index contributed by atoms with van der Waals surface area (Å²) in [6.07, 6.45) is 2.42. The van der Waals surface area contributed by atoms with E-state index in [4.69, 9.17) is 16.3 Å². The van der Waals surface area contributed by atoms with Crippen molar-refractivity contribution in [2.75, 3.05) is 23.8 Å². The van der Waals surface area contributed by atoms with E-state index in [0.29, 0.717) is 17.5 Å². The highest BCUT2D eigenvalue weighted by Gasteiger charge is 2.21. The summed E-state index contributed by atoms with van der Waals surface area (Å²) in [5.41, 5.74) is 2.76. The minimum Gasteiger partial charge on any atom is -0.381 e. The molecule has 96 valence electrons. The lowest BCUT2D eigenvalue weighted by Crippen LogP contribution is -2.27. The van der Waals surface area contributed by atoms with Gasteiger partial charge in [-0.1, -0.05) is 11.6 Å². The first kappa shape index (κ1) is 11.8. The number of halogens is 1. The van der Waals surface area contributed by atoms with Gasteiger partial charge in [-0.2, -0.15) is 0 Å². The Morgan fingerprint density at radius 2 is 2.11 bits per heavy atom. The Hall–Kier alpha value is -1.26. The maximum Gasteiger partial charge on any atom is 0.228 e. The molecular weight excluding hydrogens is 252 g/mol. The zero-order valence-electron chi connectivity index (χ0n) is 9.96. The predicted octanol–water partition coefficient (Wildman–Crippen LogP) is 2.43. The predicted molar refractivity (Wildman–Crippen MR) is 71.2 cm³/mol. The molecule has 0 unspecified atom stereocenters. The van der Waals surface area contributed by atoms with Gasteiger partial charge in [-0.15, -0.1) is 0 Å². The van der Waals surface area contributed by atoms with Crippen LogP contribution in [0, 0.1) is 0 Å². The fraction of sp³-hybridized carbons (Fsp3) is 0.462. The Bertz CT molecular complexity index is 484. The summed E-state index contributed by atoms with van der Waals surface area (Å²) in [7, 11) is 0. The van der Waals surface area contributed by atoms with Crippen molar-refractivity contribution < 1.29 is 9.53 Å². The van der Waals surface area contributed by atoms with Crippen molar-refractivity contribution in [1.82, 2.24) is 0 Å². The lowest BCUT2D eigenvalue weighted by Gasteiger charge is -2.25. The van der Waals surface area contributed by atoms with Gasteiger partial charge in [0.25, 0.3) is 0 Å². The fourth-order valence-corrected chi connectivity index (χ4v) is 2.64. The number of fused-ring (bicyclic) bond motifs is 1. The summed E-state index contributed by atoms with van der Waals surface area (Å²) in [5.74, 6) is 0.0317. The van der Waals surface area contributed by atoms with Crippen molar-refractivity contribution in [3.8, 4) is 0 Å². The van der Waals surface area contributed by atoms with Crippen LogP contribution in [0.25, 0.3) is 0 Å². The number of hydrogen-bond donors (Lipinski definition) is 2. The molecule has 5 heteroatoms. The molecule has 0 atom stereocenters. The van der Waals surface area contributed by atoms with Crippen molar-refractivity contribution >= 4 is 28.9 Å². The molecule has 0 bridgehead atoms. The summed E-state index contributed by atoms with van der Waals surface area (Å²) < 4.78 is 5.33. The largest absolute Gasteiger partial charge is 0.381 e. The first-order valence-corrected chi connectivity index (χ1v) is 6.57. The lowest BCUT2D eigenvalue weighted by atomic mass is 10.1. The molecule has 1 aromatic carbocycles. The van der Waals surface area contributed by atoms with Crippen LogP contribution in [0.15, 0.2) is 12.1 Å². The maximum absolute atomic E-state index is 11.3. The average molecular weight is 267 g/mol. The zero-order chi connectivity index (χ0) is 12.5. The highest BCUT2D eigenvalue weighted by atomic mass is 35.5. The van der Waals surface area contributed by atoms with E-state index < -0.39 is 0 Å². The molecule has 0 spiro atoms. The summed E-state index contributed by atoms with van der Waals surface area (Å²) in [6.45, 7) is 1.58. The molecule has 0 radical (unpaired) electrons. The molecule has 2 N–H and O–H groups in total. The molecular formula is C13H15ClN2O2. The second-order valence-corrected chi connectivity index (χ2v) is 5.15. The Kier molecular flexibility index (Phi) is 3.14. The van der Waals surface area contributed by atoms with Crippen LogP contribution < -0.4 is 10.6 Å². The molecule has 0 aromatic heterocycles. The van der Waals surface area contributed by atoms with Crippen LogP contribution in [0.1, 0.15) is 18.4 Å².